The molecule has 112 valence electrons. The number of hydrogen-bond donors (Lipinski definition) is 2. The smallest absolute Gasteiger partial charge is 0.115 e. The molecule has 0 aliphatic rings. The number of halogens is 1. The highest BCUT2D eigenvalue weighted by Crippen LogP contribution is 2.18. The largest absolute Gasteiger partial charge is 0.508 e. The Hall–Kier alpha value is -1.32. The van der Waals surface area contributed by atoms with E-state index in [9.17, 15) is 5.11 Å². The topological polar surface area (TPSA) is 32.3 Å². The number of aryl methyl sites for hydroxylation is 2. The van der Waals surface area contributed by atoms with Crippen molar-refractivity contribution in [3.05, 3.63) is 63.6 Å². The lowest BCUT2D eigenvalue weighted by Crippen LogP contribution is -2.26. The van der Waals surface area contributed by atoms with Gasteiger partial charge in [-0.25, -0.2) is 0 Å². The van der Waals surface area contributed by atoms with Gasteiger partial charge in [0.25, 0.3) is 0 Å². The van der Waals surface area contributed by atoms with Crippen molar-refractivity contribution in [2.24, 2.45) is 0 Å². The standard InChI is InChI=1S/C18H22BrNO/c1-13-3-8-16(18(19)11-13)12-20-14(2)4-5-15-6-9-17(21)10-7-15/h3,6-11,14,20-21H,4-5,12H2,1-2H3. The Morgan fingerprint density at radius 2 is 1.86 bits per heavy atom. The highest BCUT2D eigenvalue weighted by molar-refractivity contribution is 9.10. The molecule has 0 radical (unpaired) electrons. The highest BCUT2D eigenvalue weighted by Gasteiger charge is 2.05. The molecule has 0 heterocycles. The summed E-state index contributed by atoms with van der Waals surface area (Å²) in [5, 5.41) is 12.8. The SMILES string of the molecule is Cc1ccc(CNC(C)CCc2ccc(O)cc2)c(Br)c1. The van der Waals surface area contributed by atoms with Crippen LogP contribution in [-0.2, 0) is 13.0 Å². The van der Waals surface area contributed by atoms with Gasteiger partial charge in [0.05, 0.1) is 0 Å². The maximum Gasteiger partial charge on any atom is 0.115 e. The number of rotatable bonds is 6. The van der Waals surface area contributed by atoms with Crippen LogP contribution in [0.3, 0.4) is 0 Å². The molecule has 2 rings (SSSR count). The minimum absolute atomic E-state index is 0.328. The molecule has 1 unspecified atom stereocenters. The molecular weight excluding hydrogens is 326 g/mol. The third-order valence-corrected chi connectivity index (χ3v) is 4.39. The Labute approximate surface area is 135 Å². The number of phenolic OH excluding ortho intramolecular Hbond substituents is 1. The van der Waals surface area contributed by atoms with Crippen molar-refractivity contribution in [3.63, 3.8) is 0 Å². The number of benzene rings is 2. The van der Waals surface area contributed by atoms with Gasteiger partial charge in [0.2, 0.25) is 0 Å². The van der Waals surface area contributed by atoms with Gasteiger partial charge in [-0.15, -0.1) is 0 Å². The molecule has 0 fully saturated rings. The molecule has 0 saturated carbocycles. The second kappa shape index (κ2) is 7.62. The van der Waals surface area contributed by atoms with E-state index >= 15 is 0 Å². The summed E-state index contributed by atoms with van der Waals surface area (Å²) in [6, 6.07) is 14.4. The predicted octanol–water partition coefficient (Wildman–Crippen LogP) is 4.57. The fourth-order valence-electron chi connectivity index (χ4n) is 2.23. The highest BCUT2D eigenvalue weighted by atomic mass is 79.9. The van der Waals surface area contributed by atoms with E-state index < -0.39 is 0 Å². The lowest BCUT2D eigenvalue weighted by atomic mass is 10.1. The van der Waals surface area contributed by atoms with Crippen LogP contribution in [0.5, 0.6) is 5.75 Å². The maximum atomic E-state index is 9.27. The predicted molar refractivity (Wildman–Crippen MR) is 91.6 cm³/mol. The third kappa shape index (κ3) is 5.18. The molecule has 21 heavy (non-hydrogen) atoms. The summed E-state index contributed by atoms with van der Waals surface area (Å²) in [5.41, 5.74) is 3.82. The molecule has 2 aromatic rings. The van der Waals surface area contributed by atoms with Crippen molar-refractivity contribution in [1.29, 1.82) is 0 Å². The van der Waals surface area contributed by atoms with E-state index in [4.69, 9.17) is 0 Å². The van der Waals surface area contributed by atoms with E-state index in [1.807, 2.05) is 12.1 Å². The Kier molecular flexibility index (Phi) is 5.83. The first-order valence-corrected chi connectivity index (χ1v) is 8.10. The number of phenols is 1. The molecule has 3 heteroatoms. The van der Waals surface area contributed by atoms with E-state index in [1.54, 1.807) is 12.1 Å². The molecule has 2 nitrogen and oxygen atoms in total. The average molecular weight is 348 g/mol. The first-order valence-electron chi connectivity index (χ1n) is 7.31. The van der Waals surface area contributed by atoms with Crippen LogP contribution in [0.25, 0.3) is 0 Å². The van der Waals surface area contributed by atoms with Gasteiger partial charge >= 0.3 is 0 Å². The van der Waals surface area contributed by atoms with E-state index in [0.29, 0.717) is 11.8 Å². The van der Waals surface area contributed by atoms with Gasteiger partial charge in [-0.2, -0.15) is 0 Å². The zero-order valence-electron chi connectivity index (χ0n) is 12.6. The lowest BCUT2D eigenvalue weighted by molar-refractivity contribution is 0.474. The molecule has 0 spiro atoms. The first-order chi connectivity index (χ1) is 10.0. The lowest BCUT2D eigenvalue weighted by Gasteiger charge is -2.15. The molecule has 0 aliphatic heterocycles. The zero-order valence-corrected chi connectivity index (χ0v) is 14.2. The Balaban J connectivity index is 1.79. The molecule has 0 saturated heterocycles. The van der Waals surface area contributed by atoms with Gasteiger partial charge < -0.3 is 10.4 Å². The Bertz CT molecular complexity index is 580. The van der Waals surface area contributed by atoms with E-state index in [2.05, 4.69) is 53.3 Å². The minimum Gasteiger partial charge on any atom is -0.508 e. The maximum absolute atomic E-state index is 9.27. The molecule has 0 aliphatic carbocycles. The summed E-state index contributed by atoms with van der Waals surface area (Å²) < 4.78 is 1.17. The van der Waals surface area contributed by atoms with Crippen LogP contribution in [-0.4, -0.2) is 11.1 Å². The van der Waals surface area contributed by atoms with Gasteiger partial charge in [0.15, 0.2) is 0 Å². The first kappa shape index (κ1) is 16.1. The van der Waals surface area contributed by atoms with Crippen LogP contribution in [0.1, 0.15) is 30.0 Å². The second-order valence-corrected chi connectivity index (χ2v) is 6.44. The van der Waals surface area contributed by atoms with Crippen molar-refractivity contribution in [2.45, 2.75) is 39.3 Å². The van der Waals surface area contributed by atoms with Crippen LogP contribution in [0.2, 0.25) is 0 Å². The summed E-state index contributed by atoms with van der Waals surface area (Å²) in [7, 11) is 0. The second-order valence-electron chi connectivity index (χ2n) is 5.58. The number of hydrogen-bond acceptors (Lipinski definition) is 2. The fourth-order valence-corrected chi connectivity index (χ4v) is 2.86. The van der Waals surface area contributed by atoms with Gasteiger partial charge in [-0.1, -0.05) is 40.2 Å². The van der Waals surface area contributed by atoms with Crippen molar-refractivity contribution >= 4 is 15.9 Å². The Morgan fingerprint density at radius 3 is 2.52 bits per heavy atom. The van der Waals surface area contributed by atoms with E-state index in [0.717, 1.165) is 19.4 Å². The molecule has 0 bridgehead atoms. The molecule has 1 atom stereocenters. The summed E-state index contributed by atoms with van der Waals surface area (Å²) in [6.45, 7) is 5.18. The minimum atomic E-state index is 0.328. The van der Waals surface area contributed by atoms with Gasteiger partial charge in [0, 0.05) is 17.1 Å². The molecular formula is C18H22BrNO. The van der Waals surface area contributed by atoms with Crippen LogP contribution >= 0.6 is 15.9 Å². The van der Waals surface area contributed by atoms with Crippen LogP contribution in [0.4, 0.5) is 0 Å². The van der Waals surface area contributed by atoms with Crippen molar-refractivity contribution in [1.82, 2.24) is 5.32 Å². The van der Waals surface area contributed by atoms with Gasteiger partial charge in [-0.3, -0.25) is 0 Å². The number of nitrogens with one attached hydrogen (secondary N) is 1. The van der Waals surface area contributed by atoms with Crippen molar-refractivity contribution in [3.8, 4) is 5.75 Å². The quantitative estimate of drug-likeness (QED) is 0.801. The third-order valence-electron chi connectivity index (χ3n) is 3.65. The zero-order chi connectivity index (χ0) is 15.2. The summed E-state index contributed by atoms with van der Waals surface area (Å²) in [6.07, 6.45) is 2.10. The fraction of sp³-hybridized carbons (Fsp3) is 0.333. The molecule has 0 aromatic heterocycles. The van der Waals surface area contributed by atoms with Crippen LogP contribution in [0.15, 0.2) is 46.9 Å². The summed E-state index contributed by atoms with van der Waals surface area (Å²) in [5.74, 6) is 0.328. The molecule has 2 N–H and O–H groups in total. The van der Waals surface area contributed by atoms with E-state index in [1.165, 1.54) is 21.2 Å². The average Bonchev–Trinajstić information content (AvgIpc) is 2.46. The van der Waals surface area contributed by atoms with Crippen molar-refractivity contribution in [2.75, 3.05) is 0 Å². The summed E-state index contributed by atoms with van der Waals surface area (Å²) in [4.78, 5) is 0. The summed E-state index contributed by atoms with van der Waals surface area (Å²) >= 11 is 3.62. The molecule has 0 amide bonds. The van der Waals surface area contributed by atoms with Crippen molar-refractivity contribution < 1.29 is 5.11 Å². The van der Waals surface area contributed by atoms with Crippen LogP contribution in [0, 0.1) is 6.92 Å². The Morgan fingerprint density at radius 1 is 1.14 bits per heavy atom. The van der Waals surface area contributed by atoms with E-state index in [-0.39, 0.29) is 0 Å². The molecule has 2 aromatic carbocycles. The van der Waals surface area contributed by atoms with Crippen LogP contribution < -0.4 is 5.32 Å². The van der Waals surface area contributed by atoms with Gasteiger partial charge in [-0.05, 0) is 61.6 Å². The van der Waals surface area contributed by atoms with Gasteiger partial charge in [0.1, 0.15) is 5.75 Å². The monoisotopic (exact) mass is 347 g/mol. The normalized spacial score (nSPS) is 12.3. The number of aromatic hydroxyl groups is 1.